The van der Waals surface area contributed by atoms with Gasteiger partial charge in [-0.15, -0.1) is 11.8 Å². The normalized spacial score (nSPS) is 16.2. The number of aromatic hydroxyl groups is 2. The van der Waals surface area contributed by atoms with Crippen molar-refractivity contribution in [3.8, 4) is 11.5 Å². The number of Topliss-reactive ketones (excluding diaryl/α,β-unsaturated/α-hetero) is 8. The number of ketones is 8. The first-order valence-corrected chi connectivity index (χ1v) is 45.7. The first kappa shape index (κ1) is 112. The Morgan fingerprint density at radius 3 is 1.44 bits per heavy atom. The van der Waals surface area contributed by atoms with Gasteiger partial charge in [-0.1, -0.05) is 102 Å². The van der Waals surface area contributed by atoms with Crippen molar-refractivity contribution in [3.05, 3.63) is 95.6 Å². The first-order valence-electron chi connectivity index (χ1n) is 44.5. The van der Waals surface area contributed by atoms with E-state index >= 15 is 0 Å². The Morgan fingerprint density at radius 1 is 0.458 bits per heavy atom. The van der Waals surface area contributed by atoms with Crippen molar-refractivity contribution in [3.63, 3.8) is 0 Å². The molecule has 18 N–H and O–H groups in total. The molecule has 1 aliphatic rings. The van der Waals surface area contributed by atoms with Crippen LogP contribution in [0.15, 0.2) is 78.9 Å². The lowest BCUT2D eigenvalue weighted by Gasteiger charge is -2.28. The minimum absolute atomic E-state index is 0.0231. The van der Waals surface area contributed by atoms with Gasteiger partial charge in [-0.2, -0.15) is 0 Å². The molecule has 0 saturated carbocycles. The average Bonchev–Trinajstić information content (AvgIpc) is 1.67. The molecule has 0 bridgehead atoms. The summed E-state index contributed by atoms with van der Waals surface area (Å²) in [5.41, 5.74) is 6.78. The van der Waals surface area contributed by atoms with E-state index in [0.29, 0.717) is 62.9 Å². The van der Waals surface area contributed by atoms with Gasteiger partial charge in [-0.05, 0) is 137 Å². The van der Waals surface area contributed by atoms with Crippen LogP contribution in [0.5, 0.6) is 11.5 Å². The fraction of sp³-hybridized carbons (Fsp3) is 0.602. The average molecular weight is 1860 g/mol. The number of aliphatic hydroxyl groups excluding tert-OH is 4. The van der Waals surface area contributed by atoms with Crippen molar-refractivity contribution >= 4 is 123 Å². The fourth-order valence-corrected chi connectivity index (χ4v) is 16.0. The number of carbonyl (C=O) groups is 19. The number of carboxylic acid groups (broad SMARTS) is 3. The molecule has 3 aromatic rings. The van der Waals surface area contributed by atoms with Crippen molar-refractivity contribution < 1.29 is 137 Å². The number of unbranched alkanes of at least 4 members (excludes halogenated alkanes) is 1. The Morgan fingerprint density at radius 2 is 0.931 bits per heavy atom. The van der Waals surface area contributed by atoms with Crippen LogP contribution >= 0.6 is 11.8 Å². The Bertz CT molecular complexity index is 4360. The number of aliphatic hydroxyl groups is 4. The summed E-state index contributed by atoms with van der Waals surface area (Å²) in [4.78, 5) is 261. The SMILES string of the molecule is CC[C@H](C)[C@H](NC(=O)[C@H](CO)CC(=O)[C@H](Cc1ccc(O)cc1)NC(=O)[C@H](CC(=O)O)CC(=O)[C@H](CO)NC(=O)[C@@H](CC(=O)[C@H](Cc1ccccc1)NC(=O)[C@@H](CC(=O)CNC(=O)[C@H](CCC(=O)O)CC(=O)CSCC(=O)CCCN1C[C@@H](C)CC1=O)[C@@H](C)O)[C@@H](C)O)C(=O)C[C@@H](Cc1ccc(O)cc1)C(=O)N[C@@H](CC(C)C)C(=O)C[C@@H](CC(=O)O)C(=O)N[C@H](C)CCCCN. The lowest BCUT2D eigenvalue weighted by molar-refractivity contribution is -0.143. The molecule has 724 valence electrons. The van der Waals surface area contributed by atoms with Gasteiger partial charge in [0.15, 0.2) is 34.7 Å². The maximum atomic E-state index is 14.8. The van der Waals surface area contributed by atoms with Crippen LogP contribution in [0.2, 0.25) is 0 Å². The summed E-state index contributed by atoms with van der Waals surface area (Å²) in [5.74, 6) is -29.4. The molecule has 1 saturated heterocycles. The van der Waals surface area contributed by atoms with Gasteiger partial charge >= 0.3 is 17.9 Å². The smallest absolute Gasteiger partial charge is 0.304 e. The van der Waals surface area contributed by atoms with Crippen LogP contribution in [0, 0.1) is 59.2 Å². The number of carboxylic acids is 3. The van der Waals surface area contributed by atoms with E-state index in [-0.39, 0.29) is 96.7 Å². The highest BCUT2D eigenvalue weighted by atomic mass is 32.2. The second kappa shape index (κ2) is 58.0. The number of thioether (sulfide) groups is 1. The third-order valence-corrected chi connectivity index (χ3v) is 24.0. The van der Waals surface area contributed by atoms with Crippen molar-refractivity contribution in [2.24, 2.45) is 64.9 Å². The van der Waals surface area contributed by atoms with Crippen LogP contribution in [0.1, 0.15) is 194 Å². The molecule has 0 unspecified atom stereocenters. The second-order valence-electron chi connectivity index (χ2n) is 34.9. The van der Waals surface area contributed by atoms with Gasteiger partial charge in [0, 0.05) is 95.2 Å². The number of amides is 8. The third kappa shape index (κ3) is 41.5. The first-order chi connectivity index (χ1) is 61.8. The molecule has 3 aromatic carbocycles. The lowest BCUT2D eigenvalue weighted by atomic mass is 9.85. The molecular formula is C93H133N9O28S. The van der Waals surface area contributed by atoms with Crippen LogP contribution in [-0.2, 0) is 110 Å². The zero-order valence-corrected chi connectivity index (χ0v) is 76.6. The zero-order chi connectivity index (χ0) is 97.9. The number of hydrogen-bond acceptors (Lipinski definition) is 27. The van der Waals surface area contributed by atoms with Crippen LogP contribution < -0.4 is 43.0 Å². The summed E-state index contributed by atoms with van der Waals surface area (Å²) in [7, 11) is 0. The van der Waals surface area contributed by atoms with Crippen LogP contribution in [0.4, 0.5) is 0 Å². The molecule has 1 aliphatic heterocycles. The maximum absolute atomic E-state index is 14.8. The number of nitrogens with one attached hydrogen (secondary N) is 7. The van der Waals surface area contributed by atoms with Gasteiger partial charge < -0.3 is 93.8 Å². The summed E-state index contributed by atoms with van der Waals surface area (Å²) in [6.07, 6.45) is -8.99. The number of nitrogens with two attached hydrogens (primary N) is 1. The fourth-order valence-electron chi connectivity index (χ4n) is 15.2. The monoisotopic (exact) mass is 1860 g/mol. The molecule has 1 heterocycles. The molecule has 0 aliphatic carbocycles. The van der Waals surface area contributed by atoms with Crippen LogP contribution in [0.3, 0.4) is 0 Å². The summed E-state index contributed by atoms with van der Waals surface area (Å²) >= 11 is 1.01. The Hall–Kier alpha value is -11.1. The molecule has 0 spiro atoms. The molecule has 0 aromatic heterocycles. The van der Waals surface area contributed by atoms with Crippen molar-refractivity contribution in [2.45, 2.75) is 245 Å². The minimum Gasteiger partial charge on any atom is -0.508 e. The number of nitrogens with zero attached hydrogens (tertiary/aromatic N) is 1. The molecule has 8 amide bonds. The predicted molar refractivity (Wildman–Crippen MR) is 478 cm³/mol. The third-order valence-electron chi connectivity index (χ3n) is 23.0. The van der Waals surface area contributed by atoms with Gasteiger partial charge in [0.1, 0.15) is 29.1 Å². The van der Waals surface area contributed by atoms with E-state index in [0.717, 1.165) is 25.6 Å². The topological polar surface area (TPSA) is 620 Å². The highest BCUT2D eigenvalue weighted by Gasteiger charge is 2.41. The van der Waals surface area contributed by atoms with Gasteiger partial charge in [0.05, 0.1) is 110 Å². The molecule has 1 fully saturated rings. The van der Waals surface area contributed by atoms with Crippen LogP contribution in [0.25, 0.3) is 0 Å². The quantitative estimate of drug-likeness (QED) is 0.0361. The molecule has 4 rings (SSSR count). The zero-order valence-electron chi connectivity index (χ0n) is 75.8. The highest BCUT2D eigenvalue weighted by Crippen LogP contribution is 2.27. The van der Waals surface area contributed by atoms with Crippen LogP contribution in [-0.4, -0.2) is 262 Å². The number of likely N-dealkylation sites (tertiary alicyclic amines) is 1. The van der Waals surface area contributed by atoms with Crippen molar-refractivity contribution in [2.75, 3.05) is 50.9 Å². The lowest BCUT2D eigenvalue weighted by Crippen LogP contribution is -2.52. The number of hydrogen-bond donors (Lipinski definition) is 17. The highest BCUT2D eigenvalue weighted by molar-refractivity contribution is 8.00. The number of carbonyl (C=O) groups excluding carboxylic acids is 16. The molecule has 17 atom stereocenters. The van der Waals surface area contributed by atoms with Crippen molar-refractivity contribution in [1.82, 2.24) is 42.1 Å². The Balaban J connectivity index is 1.53. The molecule has 37 nitrogen and oxygen atoms in total. The van der Waals surface area contributed by atoms with E-state index in [1.807, 2.05) is 6.92 Å². The summed E-state index contributed by atoms with van der Waals surface area (Å²) in [6.45, 7) is 11.2. The van der Waals surface area contributed by atoms with E-state index < -0.39 is 280 Å². The molecular weight excluding hydrogens is 1720 g/mol. The predicted octanol–water partition coefficient (Wildman–Crippen LogP) is 2.93. The van der Waals surface area contributed by atoms with E-state index in [1.54, 1.807) is 69.9 Å². The largest absolute Gasteiger partial charge is 0.508 e. The van der Waals surface area contributed by atoms with Gasteiger partial charge in [0.2, 0.25) is 47.3 Å². The van der Waals surface area contributed by atoms with Gasteiger partial charge in [-0.3, -0.25) is 91.1 Å². The summed E-state index contributed by atoms with van der Waals surface area (Å²) in [6, 6.07) is 10.5. The van der Waals surface area contributed by atoms with E-state index in [9.17, 15) is 137 Å². The number of aliphatic carboxylic acids is 3. The Labute approximate surface area is 766 Å². The van der Waals surface area contributed by atoms with E-state index in [2.05, 4.69) is 37.2 Å². The van der Waals surface area contributed by atoms with Gasteiger partial charge in [-0.25, -0.2) is 0 Å². The van der Waals surface area contributed by atoms with Gasteiger partial charge in [0.25, 0.3) is 0 Å². The molecule has 131 heavy (non-hydrogen) atoms. The standard InChI is InChI=1S/C93H133N9O28S/c1-9-54(5)86(81(116)40-62(34-59-20-25-66(107)26-21-59)89(126)97-73(32-52(2)3)77(112)38-63(42-84(120)121)88(125)96-55(6)16-13-14-30-94)101-91(128)65(48-103)41-78(113)74(36-60-22-27-67(108)28-23-60)98-90(127)64(43-85(122)123)39-79(114)76(49-104)100-93(130)72(57(8)106)45-80(115)75(35-58-17-11-10-12-18-58)99-92(129)71(56(7)105)44-69(110)46-95-87(124)61(24-29-83(118)119)37-70(111)51-131-50-68(109)19-15-31-102-47-53(4)33-82(102)117/h10-12,17-18,20-23,25-28,52-57,61-65,71-76,86,103-108H,9,13-16,19,24,29-51,94H2,1-8H3,(H,95,124)(H,96,125)(H,97,126)(H,98,127)(H,99,129)(H,100,130)(H,101,128)(H,118,119)(H,120,121)(H,122,123)/t53-,54-,55+,56+,57+,61+,62+,63-,64-,65-,71-,72-,73-,74-,75-,76-,86-/m0/s1. The second-order valence-corrected chi connectivity index (χ2v) is 35.9. The van der Waals surface area contributed by atoms with E-state index in [1.165, 1.54) is 48.5 Å². The van der Waals surface area contributed by atoms with Crippen molar-refractivity contribution in [1.29, 1.82) is 0 Å². The molecule has 38 heteroatoms. The minimum atomic E-state index is -1.99. The maximum Gasteiger partial charge on any atom is 0.304 e. The number of rotatable bonds is 67. The number of phenols is 2. The summed E-state index contributed by atoms with van der Waals surface area (Å²) in [5, 5.41) is 111. The summed E-state index contributed by atoms with van der Waals surface area (Å²) < 4.78 is 0. The molecule has 0 radical (unpaired) electrons. The van der Waals surface area contributed by atoms with E-state index in [4.69, 9.17) is 5.73 Å². The Kier molecular flexibility index (Phi) is 49.7. The number of benzene rings is 3. The number of phenolic OH excluding ortho intramolecular Hbond substituents is 2.